The largest absolute Gasteiger partial charge is 0.466 e. The minimum atomic E-state index is -0.709. The monoisotopic (exact) mass is 275 g/mol. The molecule has 0 saturated heterocycles. The second-order valence-corrected chi connectivity index (χ2v) is 5.14. The van der Waals surface area contributed by atoms with Crippen molar-refractivity contribution < 1.29 is 19.1 Å². The Hall–Kier alpha value is -2.30. The molecular weight excluding hydrogens is 258 g/mol. The molecule has 106 valence electrons. The average Bonchev–Trinajstić information content (AvgIpc) is 2.37. The summed E-state index contributed by atoms with van der Waals surface area (Å²) in [6, 6.07) is 5.56. The number of hydrogen-bond acceptors (Lipinski definition) is 4. The summed E-state index contributed by atoms with van der Waals surface area (Å²) in [5.74, 6) is -0.399. The number of cyclic esters (lactones) is 1. The maximum absolute atomic E-state index is 11.4. The highest BCUT2D eigenvalue weighted by Crippen LogP contribution is 2.37. The molecule has 0 bridgehead atoms. The van der Waals surface area contributed by atoms with Gasteiger partial charge in [-0.3, -0.25) is 5.32 Å². The van der Waals surface area contributed by atoms with Gasteiger partial charge in [-0.15, -0.1) is 0 Å². The fourth-order valence-corrected chi connectivity index (χ4v) is 2.14. The van der Waals surface area contributed by atoms with Crippen LogP contribution in [0.4, 0.5) is 10.5 Å². The Bertz CT molecular complexity index is 602. The normalized spacial score (nSPS) is 16.8. The van der Waals surface area contributed by atoms with Crippen LogP contribution >= 0.6 is 0 Å². The van der Waals surface area contributed by atoms with Gasteiger partial charge in [-0.1, -0.05) is 6.07 Å². The van der Waals surface area contributed by atoms with E-state index in [1.54, 1.807) is 6.07 Å². The van der Waals surface area contributed by atoms with Crippen molar-refractivity contribution >= 4 is 23.3 Å². The molecule has 0 aliphatic carbocycles. The van der Waals surface area contributed by atoms with E-state index in [4.69, 9.17) is 4.74 Å². The van der Waals surface area contributed by atoms with Crippen molar-refractivity contribution in [2.75, 3.05) is 12.4 Å². The Morgan fingerprint density at radius 1 is 1.40 bits per heavy atom. The van der Waals surface area contributed by atoms with Gasteiger partial charge in [0.1, 0.15) is 5.60 Å². The molecule has 1 aliphatic heterocycles. The zero-order chi connectivity index (χ0) is 14.9. The highest BCUT2D eigenvalue weighted by Gasteiger charge is 2.33. The molecule has 1 heterocycles. The molecule has 1 aromatic carbocycles. The van der Waals surface area contributed by atoms with Gasteiger partial charge in [-0.2, -0.15) is 0 Å². The first-order valence-corrected chi connectivity index (χ1v) is 6.24. The van der Waals surface area contributed by atoms with E-state index in [0.29, 0.717) is 0 Å². The highest BCUT2D eigenvalue weighted by molar-refractivity contribution is 5.92. The van der Waals surface area contributed by atoms with Crippen LogP contribution in [0, 0.1) is 0 Å². The van der Waals surface area contributed by atoms with Crippen molar-refractivity contribution in [3.63, 3.8) is 0 Å². The molecule has 5 nitrogen and oxygen atoms in total. The zero-order valence-electron chi connectivity index (χ0n) is 11.9. The van der Waals surface area contributed by atoms with E-state index < -0.39 is 17.7 Å². The van der Waals surface area contributed by atoms with Crippen molar-refractivity contribution in [3.8, 4) is 0 Å². The van der Waals surface area contributed by atoms with Gasteiger partial charge in [0, 0.05) is 11.6 Å². The van der Waals surface area contributed by atoms with Crippen LogP contribution in [0.3, 0.4) is 0 Å². The number of benzene rings is 1. The lowest BCUT2D eigenvalue weighted by atomic mass is 9.91. The van der Waals surface area contributed by atoms with Crippen LogP contribution in [-0.2, 0) is 19.9 Å². The molecule has 20 heavy (non-hydrogen) atoms. The van der Waals surface area contributed by atoms with Crippen LogP contribution in [0.5, 0.6) is 0 Å². The first kappa shape index (κ1) is 14.1. The minimum Gasteiger partial charge on any atom is -0.466 e. The van der Waals surface area contributed by atoms with Gasteiger partial charge in [-0.05, 0) is 44.0 Å². The lowest BCUT2D eigenvalue weighted by Crippen LogP contribution is -2.34. The smallest absolute Gasteiger partial charge is 0.412 e. The molecule has 1 aliphatic rings. The van der Waals surface area contributed by atoms with Crippen molar-refractivity contribution in [1.82, 2.24) is 0 Å². The van der Waals surface area contributed by atoms with Crippen molar-refractivity contribution in [2.45, 2.75) is 26.4 Å². The van der Waals surface area contributed by atoms with Gasteiger partial charge >= 0.3 is 12.1 Å². The first-order chi connectivity index (χ1) is 9.33. The lowest BCUT2D eigenvalue weighted by molar-refractivity contribution is -0.134. The topological polar surface area (TPSA) is 64.6 Å². The van der Waals surface area contributed by atoms with Gasteiger partial charge in [0.2, 0.25) is 0 Å². The predicted molar refractivity (Wildman–Crippen MR) is 75.2 cm³/mol. The Labute approximate surface area is 117 Å². The van der Waals surface area contributed by atoms with E-state index in [9.17, 15) is 9.59 Å². The molecule has 1 aromatic rings. The molecule has 0 atom stereocenters. The number of ether oxygens (including phenoxy) is 2. The molecule has 1 amide bonds. The van der Waals surface area contributed by atoms with Gasteiger partial charge in [0.05, 0.1) is 12.8 Å². The van der Waals surface area contributed by atoms with Gasteiger partial charge in [-0.25, -0.2) is 9.59 Å². The number of amides is 1. The van der Waals surface area contributed by atoms with E-state index in [1.807, 2.05) is 32.9 Å². The van der Waals surface area contributed by atoms with Crippen molar-refractivity contribution in [3.05, 3.63) is 35.4 Å². The number of hydrogen-bond donors (Lipinski definition) is 1. The average molecular weight is 275 g/mol. The summed E-state index contributed by atoms with van der Waals surface area (Å²) in [7, 11) is 1.34. The highest BCUT2D eigenvalue weighted by atomic mass is 16.6. The first-order valence-electron chi connectivity index (χ1n) is 6.24. The lowest BCUT2D eigenvalue weighted by Gasteiger charge is -2.32. The van der Waals surface area contributed by atoms with Crippen molar-refractivity contribution in [2.24, 2.45) is 0 Å². The summed E-state index contributed by atoms with van der Waals surface area (Å²) in [6.45, 7) is 5.48. The van der Waals surface area contributed by atoms with Crippen LogP contribution in [0.25, 0.3) is 5.57 Å². The summed E-state index contributed by atoms with van der Waals surface area (Å²) < 4.78 is 9.89. The van der Waals surface area contributed by atoms with Crippen LogP contribution in [0.15, 0.2) is 24.3 Å². The van der Waals surface area contributed by atoms with E-state index in [2.05, 4.69) is 10.1 Å². The van der Waals surface area contributed by atoms with Gasteiger partial charge in [0.25, 0.3) is 0 Å². The Morgan fingerprint density at radius 3 is 2.75 bits per heavy atom. The van der Waals surface area contributed by atoms with Crippen LogP contribution in [0.2, 0.25) is 0 Å². The maximum Gasteiger partial charge on any atom is 0.412 e. The summed E-state index contributed by atoms with van der Waals surface area (Å²) in [5.41, 5.74) is 2.54. The van der Waals surface area contributed by atoms with E-state index >= 15 is 0 Å². The molecular formula is C15H17NO4. The third-order valence-corrected chi connectivity index (χ3v) is 3.24. The van der Waals surface area contributed by atoms with Crippen LogP contribution in [0.1, 0.15) is 31.9 Å². The van der Waals surface area contributed by atoms with E-state index in [1.165, 1.54) is 13.2 Å². The summed E-state index contributed by atoms with van der Waals surface area (Å²) in [4.78, 5) is 22.7. The standard InChI is InChI=1S/C15H17NO4/c1-9(7-13(17)19-4)10-5-6-12-11(8-10)15(2,3)20-14(18)16-12/h5-8H,1-4H3,(H,16,18). The minimum absolute atomic E-state index is 0.399. The number of fused-ring (bicyclic) bond motifs is 1. The summed E-state index contributed by atoms with van der Waals surface area (Å²) in [5, 5.41) is 2.66. The number of carbonyl (C=O) groups excluding carboxylic acids is 2. The molecule has 0 saturated carbocycles. The van der Waals surface area contributed by atoms with E-state index in [0.717, 1.165) is 22.4 Å². The van der Waals surface area contributed by atoms with Crippen molar-refractivity contribution in [1.29, 1.82) is 0 Å². The Balaban J connectivity index is 2.44. The molecule has 1 N–H and O–H groups in total. The van der Waals surface area contributed by atoms with Crippen LogP contribution in [-0.4, -0.2) is 19.2 Å². The third-order valence-electron chi connectivity index (χ3n) is 3.24. The second-order valence-electron chi connectivity index (χ2n) is 5.14. The number of carbonyl (C=O) groups is 2. The number of nitrogens with one attached hydrogen (secondary N) is 1. The fraction of sp³-hybridized carbons (Fsp3) is 0.333. The maximum atomic E-state index is 11.4. The number of esters is 1. The zero-order valence-corrected chi connectivity index (χ0v) is 11.9. The molecule has 0 unspecified atom stereocenters. The molecule has 5 heteroatoms. The quantitative estimate of drug-likeness (QED) is 0.665. The Morgan fingerprint density at radius 2 is 2.10 bits per heavy atom. The number of rotatable bonds is 2. The Kier molecular flexibility index (Phi) is 3.53. The van der Waals surface area contributed by atoms with Gasteiger partial charge in [0.15, 0.2) is 0 Å². The van der Waals surface area contributed by atoms with E-state index in [-0.39, 0.29) is 0 Å². The third kappa shape index (κ3) is 2.66. The number of anilines is 1. The number of allylic oxidation sites excluding steroid dienone is 1. The second kappa shape index (κ2) is 5.00. The predicted octanol–water partition coefficient (Wildman–Crippen LogP) is 3.06. The summed E-state index contributed by atoms with van der Waals surface area (Å²) >= 11 is 0. The van der Waals surface area contributed by atoms with Gasteiger partial charge < -0.3 is 9.47 Å². The molecule has 0 fully saturated rings. The summed E-state index contributed by atoms with van der Waals surface area (Å²) in [6.07, 6.45) is 0.967. The van der Waals surface area contributed by atoms with Crippen LogP contribution < -0.4 is 5.32 Å². The molecule has 0 spiro atoms. The molecule has 0 aromatic heterocycles. The molecule has 0 radical (unpaired) electrons. The SMILES string of the molecule is COC(=O)C=C(C)c1ccc2c(c1)C(C)(C)OC(=O)N2. The molecule has 2 rings (SSSR count). The fourth-order valence-electron chi connectivity index (χ4n) is 2.14. The number of methoxy groups -OCH3 is 1.